The van der Waals surface area contributed by atoms with Crippen LogP contribution in [0.25, 0.3) is 0 Å². The molecule has 2 aliphatic heterocycles. The SMILES string of the molecule is O=C1CC(C(=O)C2CC(=O)NC2=O)C(=O)N1. The van der Waals surface area contributed by atoms with Crippen LogP contribution in [-0.2, 0) is 24.0 Å². The Bertz CT molecular complexity index is 390. The lowest BCUT2D eigenvalue weighted by Gasteiger charge is -2.08. The molecule has 0 bridgehead atoms. The van der Waals surface area contributed by atoms with E-state index in [-0.39, 0.29) is 12.8 Å². The van der Waals surface area contributed by atoms with Crippen LogP contribution in [0.15, 0.2) is 0 Å². The van der Waals surface area contributed by atoms with E-state index in [1.165, 1.54) is 0 Å². The summed E-state index contributed by atoms with van der Waals surface area (Å²) in [5.41, 5.74) is 0. The molecular weight excluding hydrogens is 216 g/mol. The van der Waals surface area contributed by atoms with Gasteiger partial charge in [-0.05, 0) is 0 Å². The van der Waals surface area contributed by atoms with Crippen molar-refractivity contribution in [1.29, 1.82) is 0 Å². The van der Waals surface area contributed by atoms with Gasteiger partial charge >= 0.3 is 0 Å². The van der Waals surface area contributed by atoms with Crippen LogP contribution in [0.1, 0.15) is 12.8 Å². The molecule has 2 saturated heterocycles. The van der Waals surface area contributed by atoms with Crippen molar-refractivity contribution in [3.8, 4) is 0 Å². The number of imide groups is 2. The first-order valence-corrected chi connectivity index (χ1v) is 4.70. The monoisotopic (exact) mass is 224 g/mol. The van der Waals surface area contributed by atoms with E-state index in [1.807, 2.05) is 10.6 Å². The molecule has 2 fully saturated rings. The molecule has 2 rings (SSSR count). The number of carbonyl (C=O) groups excluding carboxylic acids is 5. The molecule has 7 heteroatoms. The zero-order valence-corrected chi connectivity index (χ0v) is 8.11. The number of hydrogen-bond donors (Lipinski definition) is 2. The summed E-state index contributed by atoms with van der Waals surface area (Å²) in [6, 6.07) is 0. The van der Waals surface area contributed by atoms with Gasteiger partial charge in [0.1, 0.15) is 11.8 Å². The van der Waals surface area contributed by atoms with E-state index >= 15 is 0 Å². The molecule has 4 amide bonds. The molecule has 2 atom stereocenters. The minimum absolute atomic E-state index is 0.240. The molecule has 2 N–H and O–H groups in total. The fourth-order valence-corrected chi connectivity index (χ4v) is 1.81. The lowest BCUT2D eigenvalue weighted by atomic mass is 9.90. The van der Waals surface area contributed by atoms with Crippen molar-refractivity contribution in [3.63, 3.8) is 0 Å². The summed E-state index contributed by atoms with van der Waals surface area (Å²) in [5, 5.41) is 3.96. The van der Waals surface area contributed by atoms with E-state index in [2.05, 4.69) is 0 Å². The van der Waals surface area contributed by atoms with Gasteiger partial charge in [-0.3, -0.25) is 34.6 Å². The highest BCUT2D eigenvalue weighted by molar-refractivity contribution is 6.22. The van der Waals surface area contributed by atoms with Gasteiger partial charge < -0.3 is 0 Å². The predicted octanol–water partition coefficient (Wildman–Crippen LogP) is -2.12. The summed E-state index contributed by atoms with van der Waals surface area (Å²) in [7, 11) is 0. The second kappa shape index (κ2) is 3.51. The maximum Gasteiger partial charge on any atom is 0.237 e. The van der Waals surface area contributed by atoms with E-state index < -0.39 is 41.2 Å². The molecule has 0 aromatic heterocycles. The molecule has 16 heavy (non-hydrogen) atoms. The molecule has 0 aliphatic carbocycles. The van der Waals surface area contributed by atoms with Gasteiger partial charge in [0.2, 0.25) is 23.6 Å². The normalized spacial score (nSPS) is 29.2. The van der Waals surface area contributed by atoms with Crippen molar-refractivity contribution in [2.45, 2.75) is 12.8 Å². The number of hydrogen-bond acceptors (Lipinski definition) is 5. The van der Waals surface area contributed by atoms with Gasteiger partial charge in [0.05, 0.1) is 0 Å². The van der Waals surface area contributed by atoms with E-state index in [0.717, 1.165) is 0 Å². The highest BCUT2D eigenvalue weighted by atomic mass is 16.2. The Hall–Kier alpha value is -2.05. The Kier molecular flexibility index (Phi) is 2.30. The van der Waals surface area contributed by atoms with Crippen LogP contribution in [0.4, 0.5) is 0 Å². The number of amides is 4. The summed E-state index contributed by atoms with van der Waals surface area (Å²) in [6.07, 6.45) is -0.481. The topological polar surface area (TPSA) is 109 Å². The largest absolute Gasteiger partial charge is 0.298 e. The van der Waals surface area contributed by atoms with Crippen LogP contribution in [0.5, 0.6) is 0 Å². The lowest BCUT2D eigenvalue weighted by Crippen LogP contribution is -2.34. The maximum absolute atomic E-state index is 11.7. The Balaban J connectivity index is 2.14. The van der Waals surface area contributed by atoms with Crippen LogP contribution in [0, 0.1) is 11.8 Å². The van der Waals surface area contributed by atoms with Gasteiger partial charge in [-0.15, -0.1) is 0 Å². The molecule has 84 valence electrons. The van der Waals surface area contributed by atoms with Crippen LogP contribution in [0.3, 0.4) is 0 Å². The first-order valence-electron chi connectivity index (χ1n) is 4.70. The van der Waals surface area contributed by atoms with Crippen molar-refractivity contribution >= 4 is 29.4 Å². The van der Waals surface area contributed by atoms with Crippen LogP contribution < -0.4 is 10.6 Å². The molecular formula is C9H8N2O5. The van der Waals surface area contributed by atoms with Crippen LogP contribution >= 0.6 is 0 Å². The highest BCUT2D eigenvalue weighted by Crippen LogP contribution is 2.21. The lowest BCUT2D eigenvalue weighted by molar-refractivity contribution is -0.137. The minimum Gasteiger partial charge on any atom is -0.298 e. The van der Waals surface area contributed by atoms with Gasteiger partial charge in [0, 0.05) is 12.8 Å². The molecule has 2 aliphatic rings. The third kappa shape index (κ3) is 1.60. The molecule has 0 aromatic rings. The van der Waals surface area contributed by atoms with Crippen LogP contribution in [-0.4, -0.2) is 29.4 Å². The first kappa shape index (κ1) is 10.5. The molecule has 0 spiro atoms. The third-order valence-electron chi connectivity index (χ3n) is 2.62. The maximum atomic E-state index is 11.7. The molecule has 0 aromatic carbocycles. The zero-order valence-electron chi connectivity index (χ0n) is 8.11. The first-order chi connectivity index (χ1) is 7.49. The molecule has 0 saturated carbocycles. The van der Waals surface area contributed by atoms with Gasteiger partial charge in [0.25, 0.3) is 0 Å². The minimum atomic E-state index is -1.13. The Morgan fingerprint density at radius 2 is 1.25 bits per heavy atom. The number of carbonyl (C=O) groups is 5. The average Bonchev–Trinajstić information content (AvgIpc) is 2.68. The second-order valence-electron chi connectivity index (χ2n) is 3.74. The van der Waals surface area contributed by atoms with Crippen molar-refractivity contribution in [1.82, 2.24) is 10.6 Å². The molecule has 7 nitrogen and oxygen atoms in total. The zero-order chi connectivity index (χ0) is 11.9. The van der Waals surface area contributed by atoms with Crippen LogP contribution in [0.2, 0.25) is 0 Å². The van der Waals surface area contributed by atoms with E-state index in [0.29, 0.717) is 0 Å². The van der Waals surface area contributed by atoms with Gasteiger partial charge in [0.15, 0.2) is 5.78 Å². The molecule has 2 heterocycles. The number of rotatable bonds is 2. The highest BCUT2D eigenvalue weighted by Gasteiger charge is 2.45. The summed E-state index contributed by atoms with van der Waals surface area (Å²) in [6.45, 7) is 0. The summed E-state index contributed by atoms with van der Waals surface area (Å²) in [5.74, 6) is -5.37. The van der Waals surface area contributed by atoms with Crippen molar-refractivity contribution in [2.24, 2.45) is 11.8 Å². The van der Waals surface area contributed by atoms with Crippen molar-refractivity contribution in [3.05, 3.63) is 0 Å². The van der Waals surface area contributed by atoms with Gasteiger partial charge in [-0.2, -0.15) is 0 Å². The summed E-state index contributed by atoms with van der Waals surface area (Å²) >= 11 is 0. The Morgan fingerprint density at radius 3 is 1.50 bits per heavy atom. The quantitative estimate of drug-likeness (QED) is 0.411. The summed E-state index contributed by atoms with van der Waals surface area (Å²) in [4.78, 5) is 55.9. The van der Waals surface area contributed by atoms with Crippen molar-refractivity contribution in [2.75, 3.05) is 0 Å². The Labute approximate surface area is 89.6 Å². The molecule has 2 unspecified atom stereocenters. The van der Waals surface area contributed by atoms with Crippen molar-refractivity contribution < 1.29 is 24.0 Å². The van der Waals surface area contributed by atoms with E-state index in [1.54, 1.807) is 0 Å². The number of ketones is 1. The number of nitrogens with one attached hydrogen (secondary N) is 2. The second-order valence-corrected chi connectivity index (χ2v) is 3.74. The fourth-order valence-electron chi connectivity index (χ4n) is 1.81. The van der Waals surface area contributed by atoms with Gasteiger partial charge in [-0.1, -0.05) is 0 Å². The summed E-state index contributed by atoms with van der Waals surface area (Å²) < 4.78 is 0. The third-order valence-corrected chi connectivity index (χ3v) is 2.62. The van der Waals surface area contributed by atoms with E-state index in [4.69, 9.17) is 0 Å². The standard InChI is InChI=1S/C9H8N2O5/c12-5-1-3(8(15)10-5)7(14)4-2-6(13)11-9(4)16/h3-4H,1-2H2,(H,10,12,15)(H,11,13,16). The van der Waals surface area contributed by atoms with E-state index in [9.17, 15) is 24.0 Å². The van der Waals surface area contributed by atoms with Gasteiger partial charge in [-0.25, -0.2) is 0 Å². The number of Topliss-reactive ketones (excluding diaryl/α,β-unsaturated/α-hetero) is 1. The Morgan fingerprint density at radius 1 is 0.875 bits per heavy atom. The predicted molar refractivity (Wildman–Crippen MR) is 47.5 cm³/mol. The smallest absolute Gasteiger partial charge is 0.237 e. The average molecular weight is 224 g/mol. The molecule has 0 radical (unpaired) electrons. The fraction of sp³-hybridized carbons (Fsp3) is 0.444.